The average molecular weight is 381 g/mol. The topological polar surface area (TPSA) is 91.2 Å². The van der Waals surface area contributed by atoms with Gasteiger partial charge in [0.05, 0.1) is 5.71 Å². The number of amides is 2. The van der Waals surface area contributed by atoms with E-state index in [1.54, 1.807) is 19.1 Å². The summed E-state index contributed by atoms with van der Waals surface area (Å²) >= 11 is 0. The molecule has 1 aliphatic heterocycles. The molecular formula is C21H23N3O4. The third kappa shape index (κ3) is 5.09. The summed E-state index contributed by atoms with van der Waals surface area (Å²) in [7, 11) is 0. The van der Waals surface area contributed by atoms with E-state index in [1.165, 1.54) is 24.3 Å². The summed E-state index contributed by atoms with van der Waals surface area (Å²) in [5.74, 6) is 0.355. The van der Waals surface area contributed by atoms with Crippen LogP contribution in [0.15, 0.2) is 53.6 Å². The number of carbonyl (C=O) groups is 2. The van der Waals surface area contributed by atoms with Crippen molar-refractivity contribution in [3.63, 3.8) is 0 Å². The second kappa shape index (κ2) is 9.03. The number of benzene rings is 2. The van der Waals surface area contributed by atoms with Gasteiger partial charge in [-0.2, -0.15) is 5.10 Å². The van der Waals surface area contributed by atoms with Crippen LogP contribution in [-0.4, -0.2) is 47.2 Å². The molecular weight excluding hydrogens is 358 g/mol. The highest BCUT2D eigenvalue weighted by Gasteiger charge is 2.18. The van der Waals surface area contributed by atoms with Crippen LogP contribution in [0.2, 0.25) is 0 Å². The third-order valence-electron chi connectivity index (χ3n) is 4.55. The maximum Gasteiger partial charge on any atom is 0.271 e. The summed E-state index contributed by atoms with van der Waals surface area (Å²) in [6.07, 6.45) is 2.12. The number of rotatable bonds is 6. The van der Waals surface area contributed by atoms with Crippen LogP contribution in [0.3, 0.4) is 0 Å². The molecule has 3 rings (SSSR count). The van der Waals surface area contributed by atoms with Crippen LogP contribution in [0.4, 0.5) is 0 Å². The van der Waals surface area contributed by atoms with Gasteiger partial charge in [0.1, 0.15) is 11.5 Å². The summed E-state index contributed by atoms with van der Waals surface area (Å²) in [6.45, 7) is 3.44. The standard InChI is InChI=1S/C21H23N3O4/c1-15(22-23-21(27)17-4-8-18(25)9-5-17)16-6-10-19(11-7-16)28-14-20(26)24-12-2-3-13-24/h4-11,25H,2-3,12-14H2,1H3,(H,23,27)/b22-15-. The van der Waals surface area contributed by atoms with Gasteiger partial charge >= 0.3 is 0 Å². The van der Waals surface area contributed by atoms with E-state index < -0.39 is 0 Å². The molecule has 1 fully saturated rings. The molecule has 0 unspecified atom stereocenters. The summed E-state index contributed by atoms with van der Waals surface area (Å²) < 4.78 is 5.56. The van der Waals surface area contributed by atoms with Crippen molar-refractivity contribution in [2.45, 2.75) is 19.8 Å². The first-order valence-electron chi connectivity index (χ1n) is 9.17. The Hall–Kier alpha value is -3.35. The van der Waals surface area contributed by atoms with Gasteiger partial charge in [-0.3, -0.25) is 9.59 Å². The second-order valence-corrected chi connectivity index (χ2v) is 6.59. The number of aromatic hydroxyl groups is 1. The van der Waals surface area contributed by atoms with Gasteiger partial charge in [-0.25, -0.2) is 5.43 Å². The van der Waals surface area contributed by atoms with E-state index in [1.807, 2.05) is 17.0 Å². The zero-order valence-corrected chi connectivity index (χ0v) is 15.7. The molecule has 2 amide bonds. The average Bonchev–Trinajstić information content (AvgIpc) is 3.26. The first-order valence-corrected chi connectivity index (χ1v) is 9.17. The van der Waals surface area contributed by atoms with E-state index in [4.69, 9.17) is 4.74 Å². The van der Waals surface area contributed by atoms with E-state index in [0.29, 0.717) is 17.0 Å². The minimum Gasteiger partial charge on any atom is -0.508 e. The first kappa shape index (κ1) is 19.4. The zero-order valence-electron chi connectivity index (χ0n) is 15.7. The normalized spacial score (nSPS) is 14.0. The molecule has 2 aromatic rings. The Labute approximate surface area is 163 Å². The van der Waals surface area contributed by atoms with Gasteiger partial charge in [0.25, 0.3) is 11.8 Å². The van der Waals surface area contributed by atoms with Crippen LogP contribution in [0.5, 0.6) is 11.5 Å². The van der Waals surface area contributed by atoms with Crippen molar-refractivity contribution >= 4 is 17.5 Å². The number of hydrogen-bond acceptors (Lipinski definition) is 5. The molecule has 146 valence electrons. The lowest BCUT2D eigenvalue weighted by Crippen LogP contribution is -2.32. The lowest BCUT2D eigenvalue weighted by molar-refractivity contribution is -0.132. The van der Waals surface area contributed by atoms with Crippen molar-refractivity contribution in [1.82, 2.24) is 10.3 Å². The molecule has 0 atom stereocenters. The number of likely N-dealkylation sites (tertiary alicyclic amines) is 1. The molecule has 7 nitrogen and oxygen atoms in total. The minimum absolute atomic E-state index is 0.0104. The fourth-order valence-electron chi connectivity index (χ4n) is 2.87. The smallest absolute Gasteiger partial charge is 0.271 e. The number of ether oxygens (including phenoxy) is 1. The van der Waals surface area contributed by atoms with Crippen molar-refractivity contribution in [2.24, 2.45) is 5.10 Å². The van der Waals surface area contributed by atoms with Crippen molar-refractivity contribution in [3.05, 3.63) is 59.7 Å². The first-order chi connectivity index (χ1) is 13.5. The molecule has 28 heavy (non-hydrogen) atoms. The van der Waals surface area contributed by atoms with E-state index in [-0.39, 0.29) is 24.2 Å². The van der Waals surface area contributed by atoms with Gasteiger partial charge in [0, 0.05) is 18.7 Å². The van der Waals surface area contributed by atoms with Crippen molar-refractivity contribution in [1.29, 1.82) is 0 Å². The van der Waals surface area contributed by atoms with Crippen LogP contribution in [0, 0.1) is 0 Å². The number of phenols is 1. The molecule has 2 N–H and O–H groups in total. The summed E-state index contributed by atoms with van der Waals surface area (Å²) in [4.78, 5) is 25.9. The maximum atomic E-state index is 12.0. The van der Waals surface area contributed by atoms with Crippen molar-refractivity contribution in [2.75, 3.05) is 19.7 Å². The predicted octanol–water partition coefficient (Wildman–Crippen LogP) is 2.55. The molecule has 0 bridgehead atoms. The number of nitrogens with zero attached hydrogens (tertiary/aromatic N) is 2. The number of hydrogen-bond donors (Lipinski definition) is 2. The fraction of sp³-hybridized carbons (Fsp3) is 0.286. The SMILES string of the molecule is C/C(=N/NC(=O)c1ccc(O)cc1)c1ccc(OCC(=O)N2CCCC2)cc1. The lowest BCUT2D eigenvalue weighted by Gasteiger charge is -2.15. The molecule has 0 spiro atoms. The van der Waals surface area contributed by atoms with E-state index in [2.05, 4.69) is 10.5 Å². The highest BCUT2D eigenvalue weighted by molar-refractivity contribution is 6.00. The monoisotopic (exact) mass is 381 g/mol. The van der Waals surface area contributed by atoms with Gasteiger partial charge in [0.15, 0.2) is 6.61 Å². The summed E-state index contributed by atoms with van der Waals surface area (Å²) in [5, 5.41) is 13.4. The maximum absolute atomic E-state index is 12.0. The molecule has 1 heterocycles. The van der Waals surface area contributed by atoms with Crippen molar-refractivity contribution < 1.29 is 19.4 Å². The molecule has 0 aliphatic carbocycles. The van der Waals surface area contributed by atoms with Gasteiger partial charge in [-0.1, -0.05) is 0 Å². The van der Waals surface area contributed by atoms with Crippen LogP contribution < -0.4 is 10.2 Å². The molecule has 0 saturated carbocycles. The Balaban J connectivity index is 1.53. The van der Waals surface area contributed by atoms with Crippen molar-refractivity contribution in [3.8, 4) is 11.5 Å². The molecule has 1 saturated heterocycles. The van der Waals surface area contributed by atoms with Gasteiger partial charge in [0.2, 0.25) is 0 Å². The second-order valence-electron chi connectivity index (χ2n) is 6.59. The van der Waals surface area contributed by atoms with E-state index in [0.717, 1.165) is 31.5 Å². The molecule has 0 radical (unpaired) electrons. The minimum atomic E-state index is -0.361. The quantitative estimate of drug-likeness (QED) is 0.594. The number of hydrazone groups is 1. The highest BCUT2D eigenvalue weighted by atomic mass is 16.5. The van der Waals surface area contributed by atoms with Crippen LogP contribution in [-0.2, 0) is 4.79 Å². The van der Waals surface area contributed by atoms with Crippen LogP contribution in [0.1, 0.15) is 35.7 Å². The molecule has 1 aliphatic rings. The number of nitrogens with one attached hydrogen (secondary N) is 1. The Morgan fingerprint density at radius 3 is 2.29 bits per heavy atom. The highest BCUT2D eigenvalue weighted by Crippen LogP contribution is 2.14. The Bertz CT molecular complexity index is 854. The van der Waals surface area contributed by atoms with E-state index >= 15 is 0 Å². The van der Waals surface area contributed by atoms with Crippen LogP contribution in [0.25, 0.3) is 0 Å². The van der Waals surface area contributed by atoms with Gasteiger partial charge < -0.3 is 14.7 Å². The lowest BCUT2D eigenvalue weighted by atomic mass is 10.1. The third-order valence-corrected chi connectivity index (χ3v) is 4.55. The van der Waals surface area contributed by atoms with Crippen LogP contribution >= 0.6 is 0 Å². The van der Waals surface area contributed by atoms with Gasteiger partial charge in [-0.05, 0) is 73.9 Å². The molecule has 0 aromatic heterocycles. The fourth-order valence-corrected chi connectivity index (χ4v) is 2.87. The Morgan fingerprint density at radius 2 is 1.64 bits per heavy atom. The summed E-state index contributed by atoms with van der Waals surface area (Å²) in [6, 6.07) is 13.1. The number of carbonyl (C=O) groups excluding carboxylic acids is 2. The Kier molecular flexibility index (Phi) is 6.26. The molecule has 2 aromatic carbocycles. The predicted molar refractivity (Wildman–Crippen MR) is 106 cm³/mol. The number of phenolic OH excluding ortho intramolecular Hbond substituents is 1. The Morgan fingerprint density at radius 1 is 1.04 bits per heavy atom. The zero-order chi connectivity index (χ0) is 19.9. The van der Waals surface area contributed by atoms with Gasteiger partial charge in [-0.15, -0.1) is 0 Å². The molecule has 7 heteroatoms. The summed E-state index contributed by atoms with van der Waals surface area (Å²) in [5.41, 5.74) is 4.35. The van der Waals surface area contributed by atoms with E-state index in [9.17, 15) is 14.7 Å². The largest absolute Gasteiger partial charge is 0.508 e.